The van der Waals surface area contributed by atoms with Crippen LogP contribution in [0.3, 0.4) is 0 Å². The van der Waals surface area contributed by atoms with Crippen molar-refractivity contribution in [1.82, 2.24) is 34.0 Å². The highest BCUT2D eigenvalue weighted by Crippen LogP contribution is 2.29. The van der Waals surface area contributed by atoms with Crippen molar-refractivity contribution < 1.29 is 36.7 Å². The van der Waals surface area contributed by atoms with E-state index < -0.39 is 39.8 Å². The summed E-state index contributed by atoms with van der Waals surface area (Å²) in [7, 11) is -0.739. The maximum atomic E-state index is 15.0. The Hall–Kier alpha value is -5.19. The molecule has 2 aromatic heterocycles. The number of likely N-dealkylation sites (N-methyl/N-ethyl adjacent to an activating group) is 1. The molecule has 1 fully saturated rings. The molecular formula is C36H40FN7O7S. The standard InChI is InChI=1S/C36H40FN7O7S/c1-4-10-43-20-33(45)40-31-18-44(52(48,49)34-21-41(2)23-39-34)19-32(31)50-22-24-12-27(37)17-29(13-24)51-30-15-25(14-26(16-30)36(43)47)35(46)42(3)11-8-28-7-5-6-9-38-28/h5-7,9,12-17,21,23,31-32H,4,8,10-11,18-20,22H2,1-3H3,(H,40,45)/t31-,32-/m1/s1. The van der Waals surface area contributed by atoms with Crippen LogP contribution in [0.4, 0.5) is 4.39 Å². The van der Waals surface area contributed by atoms with Crippen molar-refractivity contribution in [2.45, 2.75) is 43.5 Å². The zero-order valence-corrected chi connectivity index (χ0v) is 29.9. The van der Waals surface area contributed by atoms with Gasteiger partial charge in [0.2, 0.25) is 5.91 Å². The quantitative estimate of drug-likeness (QED) is 0.288. The Morgan fingerprint density at radius 3 is 2.62 bits per heavy atom. The third kappa shape index (κ3) is 8.46. The molecule has 4 aromatic rings. The molecule has 1 N–H and O–H groups in total. The summed E-state index contributed by atoms with van der Waals surface area (Å²) < 4.78 is 56.8. The molecule has 52 heavy (non-hydrogen) atoms. The highest BCUT2D eigenvalue weighted by Gasteiger charge is 2.42. The lowest BCUT2D eigenvalue weighted by molar-refractivity contribution is -0.123. The summed E-state index contributed by atoms with van der Waals surface area (Å²) in [5.41, 5.74) is 1.45. The molecule has 14 nitrogen and oxygen atoms in total. The lowest BCUT2D eigenvalue weighted by atomic mass is 10.1. The van der Waals surface area contributed by atoms with Gasteiger partial charge >= 0.3 is 0 Å². The number of pyridine rings is 1. The topological polar surface area (TPSA) is 156 Å². The number of halogens is 1. The summed E-state index contributed by atoms with van der Waals surface area (Å²) in [6.07, 6.45) is 4.66. The monoisotopic (exact) mass is 733 g/mol. The van der Waals surface area contributed by atoms with Gasteiger partial charge in [-0.2, -0.15) is 4.31 Å². The molecule has 2 aromatic carbocycles. The molecule has 2 aliphatic heterocycles. The third-order valence-corrected chi connectivity index (χ3v) is 10.5. The molecule has 3 amide bonds. The lowest BCUT2D eigenvalue weighted by Gasteiger charge is -2.25. The zero-order chi connectivity index (χ0) is 37.0. The number of nitrogens with one attached hydrogen (secondary N) is 1. The smallest absolute Gasteiger partial charge is 0.262 e. The van der Waals surface area contributed by atoms with Gasteiger partial charge in [-0.3, -0.25) is 19.4 Å². The number of amides is 3. The van der Waals surface area contributed by atoms with Gasteiger partial charge in [-0.05, 0) is 54.4 Å². The van der Waals surface area contributed by atoms with Crippen LogP contribution in [0.2, 0.25) is 0 Å². The molecule has 0 spiro atoms. The van der Waals surface area contributed by atoms with E-state index in [4.69, 9.17) is 9.47 Å². The Bertz CT molecular complexity index is 2060. The minimum atomic E-state index is -4.04. The van der Waals surface area contributed by atoms with Gasteiger partial charge in [0.25, 0.3) is 21.8 Å². The third-order valence-electron chi connectivity index (χ3n) is 8.79. The molecule has 1 saturated heterocycles. The van der Waals surface area contributed by atoms with Gasteiger partial charge in [0.15, 0.2) is 5.03 Å². The number of benzene rings is 2. The van der Waals surface area contributed by atoms with Crippen LogP contribution < -0.4 is 10.1 Å². The Morgan fingerprint density at radius 2 is 1.88 bits per heavy atom. The summed E-state index contributed by atoms with van der Waals surface area (Å²) in [6, 6.07) is 13.1. The number of rotatable bonds is 8. The lowest BCUT2D eigenvalue weighted by Crippen LogP contribution is -2.49. The molecule has 16 heteroatoms. The second kappa shape index (κ2) is 15.6. The van der Waals surface area contributed by atoms with Gasteiger partial charge in [0, 0.05) is 82.0 Å². The first kappa shape index (κ1) is 36.6. The SMILES string of the molecule is CCCN1CC(=O)N[C@@H]2CN(S(=O)(=O)c3cn(C)cn3)C[C@H]2OCc2cc(F)cc(c2)Oc2cc(C(=O)N(C)CCc3ccccn3)cc(c2)C1=O. The number of fused-ring (bicyclic) bond motifs is 5. The molecular weight excluding hydrogens is 694 g/mol. The Labute approximate surface area is 301 Å². The van der Waals surface area contributed by atoms with Crippen molar-refractivity contribution in [2.75, 3.05) is 39.8 Å². The van der Waals surface area contributed by atoms with Gasteiger partial charge in [-0.25, -0.2) is 17.8 Å². The summed E-state index contributed by atoms with van der Waals surface area (Å²) in [5.74, 6) is -1.86. The van der Waals surface area contributed by atoms with Crippen molar-refractivity contribution in [3.63, 3.8) is 0 Å². The molecule has 2 aliphatic rings. The van der Waals surface area contributed by atoms with Crippen LogP contribution in [0, 0.1) is 5.82 Å². The van der Waals surface area contributed by atoms with E-state index in [-0.39, 0.29) is 66.3 Å². The van der Waals surface area contributed by atoms with Crippen LogP contribution in [0.1, 0.15) is 45.3 Å². The first-order chi connectivity index (χ1) is 24.9. The number of carbonyl (C=O) groups excluding carboxylic acids is 3. The number of imidazole rings is 1. The van der Waals surface area contributed by atoms with E-state index in [0.717, 1.165) is 5.69 Å². The van der Waals surface area contributed by atoms with E-state index in [1.807, 2.05) is 25.1 Å². The van der Waals surface area contributed by atoms with E-state index in [2.05, 4.69) is 15.3 Å². The molecule has 274 valence electrons. The van der Waals surface area contributed by atoms with Crippen LogP contribution in [-0.4, -0.2) is 107 Å². The van der Waals surface area contributed by atoms with Gasteiger partial charge < -0.3 is 29.2 Å². The number of hydrogen-bond donors (Lipinski definition) is 1. The van der Waals surface area contributed by atoms with Crippen LogP contribution in [0.25, 0.3) is 0 Å². The normalized spacial score (nSPS) is 18.4. The number of carbonyl (C=O) groups is 3. The molecule has 4 heterocycles. The molecule has 0 saturated carbocycles. The molecule has 6 rings (SSSR count). The van der Waals surface area contributed by atoms with Crippen LogP contribution in [-0.2, 0) is 39.6 Å². The fraction of sp³-hybridized carbons (Fsp3) is 0.361. The molecule has 0 unspecified atom stereocenters. The van der Waals surface area contributed by atoms with E-state index in [9.17, 15) is 27.2 Å². The predicted octanol–water partition coefficient (Wildman–Crippen LogP) is 3.00. The highest BCUT2D eigenvalue weighted by atomic mass is 32.2. The van der Waals surface area contributed by atoms with Crippen LogP contribution in [0.5, 0.6) is 11.5 Å². The summed E-state index contributed by atoms with van der Waals surface area (Å²) in [5, 5.41) is 2.72. The van der Waals surface area contributed by atoms with E-state index in [1.165, 1.54) is 61.5 Å². The first-order valence-corrected chi connectivity index (χ1v) is 18.3. The summed E-state index contributed by atoms with van der Waals surface area (Å²) in [4.78, 5) is 52.5. The number of sulfonamides is 1. The van der Waals surface area contributed by atoms with Gasteiger partial charge in [0.1, 0.15) is 17.3 Å². The number of hydrogen-bond acceptors (Lipinski definition) is 9. The number of aryl methyl sites for hydroxylation is 1. The minimum Gasteiger partial charge on any atom is -0.457 e. The fourth-order valence-electron chi connectivity index (χ4n) is 6.19. The van der Waals surface area contributed by atoms with Gasteiger partial charge in [0.05, 0.1) is 31.6 Å². The predicted molar refractivity (Wildman–Crippen MR) is 186 cm³/mol. The minimum absolute atomic E-state index is 0.0956. The van der Waals surface area contributed by atoms with Crippen molar-refractivity contribution in [1.29, 1.82) is 0 Å². The average molecular weight is 734 g/mol. The summed E-state index contributed by atoms with van der Waals surface area (Å²) >= 11 is 0. The average Bonchev–Trinajstić information content (AvgIpc) is 3.75. The number of aromatic nitrogens is 3. The maximum Gasteiger partial charge on any atom is 0.262 e. The number of nitrogens with zero attached hydrogens (tertiary/aromatic N) is 6. The Kier molecular flexibility index (Phi) is 11.0. The zero-order valence-electron chi connectivity index (χ0n) is 29.1. The van der Waals surface area contributed by atoms with Crippen molar-refractivity contribution >= 4 is 27.7 Å². The van der Waals surface area contributed by atoms with Crippen LogP contribution in [0.15, 0.2) is 78.3 Å². The van der Waals surface area contributed by atoms with Crippen molar-refractivity contribution in [2.24, 2.45) is 7.05 Å². The fourth-order valence-corrected chi connectivity index (χ4v) is 7.63. The summed E-state index contributed by atoms with van der Waals surface area (Å²) in [6.45, 7) is 1.73. The van der Waals surface area contributed by atoms with Gasteiger partial charge in [-0.15, -0.1) is 0 Å². The molecule has 0 aliphatic carbocycles. The van der Waals surface area contributed by atoms with Crippen molar-refractivity contribution in [3.05, 3.63) is 102 Å². The van der Waals surface area contributed by atoms with E-state index >= 15 is 0 Å². The molecule has 2 atom stereocenters. The van der Waals surface area contributed by atoms with E-state index in [1.54, 1.807) is 26.4 Å². The van der Waals surface area contributed by atoms with Crippen molar-refractivity contribution in [3.8, 4) is 11.5 Å². The maximum absolute atomic E-state index is 15.0. The molecule has 0 radical (unpaired) electrons. The largest absolute Gasteiger partial charge is 0.457 e. The van der Waals surface area contributed by atoms with Gasteiger partial charge in [-0.1, -0.05) is 13.0 Å². The van der Waals surface area contributed by atoms with E-state index in [0.29, 0.717) is 24.9 Å². The molecule has 4 bridgehead atoms. The Balaban J connectivity index is 1.32. The first-order valence-electron chi connectivity index (χ1n) is 16.9. The second-order valence-corrected chi connectivity index (χ2v) is 14.8. The Morgan fingerprint density at radius 1 is 1.08 bits per heavy atom. The highest BCUT2D eigenvalue weighted by molar-refractivity contribution is 7.89. The second-order valence-electron chi connectivity index (χ2n) is 12.9. The van der Waals surface area contributed by atoms with Crippen LogP contribution >= 0.6 is 0 Å². The number of ether oxygens (including phenoxy) is 2.